The Hall–Kier alpha value is -6.20. The van der Waals surface area contributed by atoms with E-state index in [1.165, 1.54) is 54.4 Å². The number of hydrogen-bond acceptors (Lipinski definition) is 11. The average molecular weight is 970 g/mol. The van der Waals surface area contributed by atoms with Crippen LogP contribution >= 0.6 is 15.9 Å². The molecule has 14 nitrogen and oxygen atoms in total. The quantitative estimate of drug-likeness (QED) is 0.117. The van der Waals surface area contributed by atoms with Crippen LogP contribution in [0.15, 0.2) is 99.4 Å². The van der Waals surface area contributed by atoms with Crippen LogP contribution in [0, 0.1) is 29.7 Å². The van der Waals surface area contributed by atoms with Crippen LogP contribution in [0.25, 0.3) is 16.0 Å². The molecule has 10 rings (SSSR count). The van der Waals surface area contributed by atoms with Gasteiger partial charge in [-0.2, -0.15) is 5.26 Å². The molecule has 0 radical (unpaired) electrons. The van der Waals surface area contributed by atoms with Crippen LogP contribution < -0.4 is 26.4 Å². The van der Waals surface area contributed by atoms with E-state index < -0.39 is 18.2 Å². The van der Waals surface area contributed by atoms with Gasteiger partial charge in [0.1, 0.15) is 23.7 Å². The van der Waals surface area contributed by atoms with Crippen LogP contribution in [0.2, 0.25) is 0 Å². The lowest BCUT2D eigenvalue weighted by molar-refractivity contribution is -0.133. The summed E-state index contributed by atoms with van der Waals surface area (Å²) < 4.78 is 13.7. The molecular weight excluding hydrogens is 911 g/mol. The summed E-state index contributed by atoms with van der Waals surface area (Å²) >= 11 is 3.50. The van der Waals surface area contributed by atoms with Crippen LogP contribution in [0.1, 0.15) is 101 Å². The number of guanidine groups is 2. The van der Waals surface area contributed by atoms with E-state index in [1.54, 1.807) is 38.4 Å². The largest absolute Gasteiger partial charge is 0.490 e. The van der Waals surface area contributed by atoms with Crippen molar-refractivity contribution in [3.8, 4) is 28.7 Å². The minimum Gasteiger partial charge on any atom is -0.490 e. The topological polar surface area (TPSA) is 204 Å². The molecule has 4 aromatic carbocycles. The first-order valence-corrected chi connectivity index (χ1v) is 23.4. The molecule has 6 N–H and O–H groups in total. The van der Waals surface area contributed by atoms with Crippen LogP contribution in [0.3, 0.4) is 0 Å². The molecule has 0 aromatic heterocycles. The third-order valence-corrected chi connectivity index (χ3v) is 14.4. The third-order valence-electron chi connectivity index (χ3n) is 14.0. The van der Waals surface area contributed by atoms with E-state index in [2.05, 4.69) is 25.8 Å². The van der Waals surface area contributed by atoms with Crippen molar-refractivity contribution in [2.45, 2.75) is 108 Å². The van der Waals surface area contributed by atoms with Gasteiger partial charge in [0.05, 0.1) is 18.2 Å². The molecule has 2 aliphatic carbocycles. The Kier molecular flexibility index (Phi) is 14.8. The van der Waals surface area contributed by atoms with E-state index in [0.717, 1.165) is 58.2 Å². The predicted molar refractivity (Wildman–Crippen MR) is 263 cm³/mol. The van der Waals surface area contributed by atoms with Crippen LogP contribution in [-0.4, -0.2) is 77.0 Å². The number of aliphatic imine (C=N–C) groups is 2. The van der Waals surface area contributed by atoms with Crippen molar-refractivity contribution in [1.29, 1.82) is 5.26 Å². The highest BCUT2D eigenvalue weighted by Crippen LogP contribution is 2.51. The number of halogens is 1. The van der Waals surface area contributed by atoms with Gasteiger partial charge in [0.15, 0.2) is 28.7 Å². The number of fused-ring (bicyclic) bond motifs is 4. The Balaban J connectivity index is 0.000000164. The van der Waals surface area contributed by atoms with Crippen LogP contribution in [-0.2, 0) is 20.7 Å². The van der Waals surface area contributed by atoms with Gasteiger partial charge in [-0.25, -0.2) is 14.8 Å². The molecule has 0 saturated heterocycles. The molecule has 4 heterocycles. The zero-order valence-corrected chi connectivity index (χ0v) is 38.8. The summed E-state index contributed by atoms with van der Waals surface area (Å²) in [5.74, 6) is 2.79. The minimum atomic E-state index is -1.50. The second-order valence-corrected chi connectivity index (χ2v) is 18.9. The number of hydrogen-bond donors (Lipinski definition) is 4. The van der Waals surface area contributed by atoms with Gasteiger partial charge in [0.25, 0.3) is 11.8 Å². The molecule has 2 spiro atoms. The van der Waals surface area contributed by atoms with E-state index in [9.17, 15) is 9.59 Å². The van der Waals surface area contributed by atoms with Gasteiger partial charge in [0, 0.05) is 42.5 Å². The highest BCUT2D eigenvalue weighted by Gasteiger charge is 2.56. The fourth-order valence-corrected chi connectivity index (χ4v) is 10.7. The first-order valence-electron chi connectivity index (χ1n) is 22.7. The number of benzene rings is 4. The number of nitrogens with two attached hydrogens (primary N) is 2. The molecule has 2 amide bonds. The lowest BCUT2D eigenvalue weighted by atomic mass is 9.74. The lowest BCUT2D eigenvalue weighted by Crippen LogP contribution is -2.47. The Bertz CT molecular complexity index is 2650. The molecule has 0 bridgehead atoms. The normalized spacial score (nSPS) is 24.2. The molecule has 348 valence electrons. The molecule has 16 heteroatoms. The smallest absolute Gasteiger partial charge is 0.488 e. The predicted octanol–water partition coefficient (Wildman–Crippen LogP) is 7.65. The maximum atomic E-state index is 13.5. The molecular formula is C51H58BBrN8O6. The van der Waals surface area contributed by atoms with E-state index in [4.69, 9.17) is 47.8 Å². The summed E-state index contributed by atoms with van der Waals surface area (Å²) in [6.45, 7) is 7.30. The van der Waals surface area contributed by atoms with Crippen molar-refractivity contribution < 1.29 is 29.1 Å². The Morgan fingerprint density at radius 3 is 1.75 bits per heavy atom. The first-order chi connectivity index (χ1) is 31.8. The van der Waals surface area contributed by atoms with E-state index in [0.29, 0.717) is 47.1 Å². The van der Waals surface area contributed by atoms with Gasteiger partial charge in [-0.05, 0) is 103 Å². The van der Waals surface area contributed by atoms with Crippen LogP contribution in [0.5, 0.6) is 11.5 Å². The van der Waals surface area contributed by atoms with Gasteiger partial charge in [-0.3, -0.25) is 19.4 Å². The SMILES string of the molecule is C.CN1C(=O)C2(CC(C3CCCCC3)Oc3ccc(Br)cc32)N=C1N.N#Cc1cccc(B(O)O)c1.[C-]#[N+]c1cccc(-c2ccc3c(c2)C2(CC(C4CCCCC4)O3)N=C(N)N(C)C2=O)c1. The molecule has 4 aliphatic heterocycles. The number of ether oxygens (including phenoxy) is 2. The summed E-state index contributed by atoms with van der Waals surface area (Å²) in [6, 6.07) is 27.3. The molecule has 4 aromatic rings. The summed E-state index contributed by atoms with van der Waals surface area (Å²) in [5, 5.41) is 25.8. The van der Waals surface area contributed by atoms with E-state index >= 15 is 0 Å². The van der Waals surface area contributed by atoms with Crippen LogP contribution in [0.4, 0.5) is 5.69 Å². The maximum absolute atomic E-state index is 13.5. The Morgan fingerprint density at radius 1 is 0.746 bits per heavy atom. The zero-order chi connectivity index (χ0) is 46.8. The lowest BCUT2D eigenvalue weighted by Gasteiger charge is -2.41. The Morgan fingerprint density at radius 2 is 1.25 bits per heavy atom. The van der Waals surface area contributed by atoms with Gasteiger partial charge in [-0.1, -0.05) is 98.3 Å². The number of rotatable bonds is 4. The standard InChI is InChI=1S/C25H26N4O2.C18H22BrN3O2.C7H6BNO2.CH4/c1-27-19-10-6-9-17(13-19)18-11-12-21-20(14-18)25(23(30)29(2)24(26)28-25)15-22(31-21)16-7-4-3-5-8-16;1-22-16(23)18(21-17(22)20)10-15(11-5-3-2-4-6-11)24-14-8-7-12(19)9-13(14)18;9-5-6-2-1-3-7(4-6)8(10)11;/h6,9-14,16,22H,3-5,7-8,15H2,2H3,(H2,26,28);7-9,11,15H,2-6,10H2,1H3,(H2,20,21);1-4,10-11H;1H4. The fraction of sp³-hybridized carbons (Fsp3) is 0.412. The number of carbonyl (C=O) groups excluding carboxylic acids is 2. The monoisotopic (exact) mass is 968 g/mol. The molecule has 2 saturated carbocycles. The van der Waals surface area contributed by atoms with Crippen molar-refractivity contribution in [1.82, 2.24) is 9.80 Å². The number of nitriles is 1. The number of carbonyl (C=O) groups is 2. The van der Waals surface area contributed by atoms with E-state index in [1.807, 2.05) is 60.7 Å². The highest BCUT2D eigenvalue weighted by atomic mass is 79.9. The summed E-state index contributed by atoms with van der Waals surface area (Å²) in [6.07, 6.45) is 13.1. The summed E-state index contributed by atoms with van der Waals surface area (Å²) in [5.41, 5.74) is 14.9. The zero-order valence-electron chi connectivity index (χ0n) is 37.2. The first kappa shape index (κ1) is 48.7. The van der Waals surface area contributed by atoms with Crippen molar-refractivity contribution >= 4 is 57.9 Å². The second-order valence-electron chi connectivity index (χ2n) is 18.0. The minimum absolute atomic E-state index is 0. The average Bonchev–Trinajstić information content (AvgIpc) is 3.69. The number of amides is 2. The van der Waals surface area contributed by atoms with Gasteiger partial charge in [0.2, 0.25) is 0 Å². The molecule has 2 fully saturated rings. The molecule has 4 atom stereocenters. The second kappa shape index (κ2) is 20.4. The molecule has 4 unspecified atom stereocenters. The van der Waals surface area contributed by atoms with Crippen molar-refractivity contribution in [3.05, 3.63) is 118 Å². The Labute approximate surface area is 401 Å². The third kappa shape index (κ3) is 9.66. The van der Waals surface area contributed by atoms with Gasteiger partial charge in [-0.15, -0.1) is 0 Å². The summed E-state index contributed by atoms with van der Waals surface area (Å²) in [4.78, 5) is 42.4. The maximum Gasteiger partial charge on any atom is 0.488 e. The molecule has 67 heavy (non-hydrogen) atoms. The van der Waals surface area contributed by atoms with E-state index in [-0.39, 0.29) is 43.4 Å². The molecule has 6 aliphatic rings. The van der Waals surface area contributed by atoms with Crippen molar-refractivity contribution in [3.63, 3.8) is 0 Å². The van der Waals surface area contributed by atoms with Crippen molar-refractivity contribution in [2.75, 3.05) is 14.1 Å². The van der Waals surface area contributed by atoms with Gasteiger partial charge < -0.3 is 31.0 Å². The fourth-order valence-electron chi connectivity index (χ4n) is 10.4. The van der Waals surface area contributed by atoms with Gasteiger partial charge >= 0.3 is 7.12 Å². The summed E-state index contributed by atoms with van der Waals surface area (Å²) in [7, 11) is 1.88. The number of nitrogens with zero attached hydrogens (tertiary/aromatic N) is 6. The number of likely N-dealkylation sites (N-methyl/N-ethyl adjacent to an activating group) is 2. The highest BCUT2D eigenvalue weighted by molar-refractivity contribution is 9.10. The van der Waals surface area contributed by atoms with Crippen molar-refractivity contribution in [2.24, 2.45) is 33.3 Å².